The van der Waals surface area contributed by atoms with Crippen molar-refractivity contribution in [1.29, 1.82) is 0 Å². The van der Waals surface area contributed by atoms with Crippen molar-refractivity contribution in [2.24, 2.45) is 0 Å². The zero-order valence-corrected chi connectivity index (χ0v) is 15.3. The van der Waals surface area contributed by atoms with Crippen LogP contribution >= 0.6 is 15.9 Å². The van der Waals surface area contributed by atoms with Crippen molar-refractivity contribution in [3.8, 4) is 0 Å². The lowest BCUT2D eigenvalue weighted by Crippen LogP contribution is -2.31. The van der Waals surface area contributed by atoms with E-state index in [2.05, 4.69) is 36.3 Å². The maximum Gasteiger partial charge on any atom is 0.282 e. The summed E-state index contributed by atoms with van der Waals surface area (Å²) in [5.41, 5.74) is -0.849. The predicted molar refractivity (Wildman–Crippen MR) is 94.0 cm³/mol. The summed E-state index contributed by atoms with van der Waals surface area (Å²) in [4.78, 5) is 31.8. The van der Waals surface area contributed by atoms with E-state index in [-0.39, 0.29) is 16.7 Å². The number of aromatic nitrogens is 4. The Bertz CT molecular complexity index is 1090. The second-order valence-electron chi connectivity index (χ2n) is 5.52. The molecular formula is C16H11BrF3N5O2. The van der Waals surface area contributed by atoms with Crippen LogP contribution in [0.1, 0.15) is 17.7 Å². The molecule has 7 nitrogen and oxygen atoms in total. The number of hydrogen-bond acceptors (Lipinski definition) is 5. The quantitative estimate of drug-likeness (QED) is 0.671. The topological polar surface area (TPSA) is 89.8 Å². The SMILES string of the molecule is Cc1c(Br)ccc2c(=O)n(CC(=O)Nc3ncc(F)cn3)nc(C(F)F)c12. The van der Waals surface area contributed by atoms with Crippen LogP contribution in [-0.4, -0.2) is 25.7 Å². The number of nitrogens with one attached hydrogen (secondary N) is 1. The van der Waals surface area contributed by atoms with Gasteiger partial charge in [0.05, 0.1) is 17.8 Å². The molecule has 0 bridgehead atoms. The number of alkyl halides is 2. The third-order valence-corrected chi connectivity index (χ3v) is 4.58. The summed E-state index contributed by atoms with van der Waals surface area (Å²) >= 11 is 3.24. The maximum absolute atomic E-state index is 13.5. The van der Waals surface area contributed by atoms with E-state index >= 15 is 0 Å². The third-order valence-electron chi connectivity index (χ3n) is 3.72. The molecule has 3 aromatic rings. The van der Waals surface area contributed by atoms with E-state index in [1.807, 2.05) is 0 Å². The summed E-state index contributed by atoms with van der Waals surface area (Å²) in [6.07, 6.45) is -1.26. The highest BCUT2D eigenvalue weighted by Crippen LogP contribution is 2.30. The fourth-order valence-corrected chi connectivity index (χ4v) is 2.83. The Morgan fingerprint density at radius 2 is 1.96 bits per heavy atom. The molecule has 1 aromatic carbocycles. The number of benzene rings is 1. The Balaban J connectivity index is 2.00. The van der Waals surface area contributed by atoms with E-state index in [1.165, 1.54) is 6.07 Å². The fourth-order valence-electron chi connectivity index (χ4n) is 2.50. The number of carbonyl (C=O) groups excluding carboxylic acids is 1. The minimum absolute atomic E-state index is 0.0202. The minimum atomic E-state index is -2.95. The van der Waals surface area contributed by atoms with Gasteiger partial charge in [-0.2, -0.15) is 5.10 Å². The van der Waals surface area contributed by atoms with Crippen LogP contribution in [-0.2, 0) is 11.3 Å². The van der Waals surface area contributed by atoms with Gasteiger partial charge in [0, 0.05) is 9.86 Å². The van der Waals surface area contributed by atoms with Crippen LogP contribution in [0.25, 0.3) is 10.8 Å². The highest BCUT2D eigenvalue weighted by Gasteiger charge is 2.21. The highest BCUT2D eigenvalue weighted by molar-refractivity contribution is 9.10. The first-order valence-electron chi connectivity index (χ1n) is 7.53. The van der Waals surface area contributed by atoms with E-state index in [1.54, 1.807) is 13.0 Å². The number of aryl methyl sites for hydroxylation is 1. The average Bonchev–Trinajstić information content (AvgIpc) is 2.62. The predicted octanol–water partition coefficient (Wildman–Crippen LogP) is 2.97. The molecule has 11 heteroatoms. The van der Waals surface area contributed by atoms with Crippen molar-refractivity contribution in [2.45, 2.75) is 19.9 Å². The molecule has 0 saturated carbocycles. The molecule has 0 saturated heterocycles. The Hall–Kier alpha value is -2.82. The summed E-state index contributed by atoms with van der Waals surface area (Å²) < 4.78 is 41.0. The molecule has 1 N–H and O–H groups in total. The van der Waals surface area contributed by atoms with E-state index in [0.29, 0.717) is 14.7 Å². The van der Waals surface area contributed by atoms with Crippen LogP contribution in [0.2, 0.25) is 0 Å². The van der Waals surface area contributed by atoms with Gasteiger partial charge in [-0.1, -0.05) is 15.9 Å². The molecular weight excluding hydrogens is 431 g/mol. The van der Waals surface area contributed by atoms with Gasteiger partial charge in [0.25, 0.3) is 12.0 Å². The van der Waals surface area contributed by atoms with E-state index in [9.17, 15) is 22.8 Å². The highest BCUT2D eigenvalue weighted by atomic mass is 79.9. The first-order chi connectivity index (χ1) is 12.8. The smallest absolute Gasteiger partial charge is 0.282 e. The first kappa shape index (κ1) is 19.0. The van der Waals surface area contributed by atoms with Crippen molar-refractivity contribution < 1.29 is 18.0 Å². The number of halogens is 4. The zero-order chi connectivity index (χ0) is 19.7. The van der Waals surface area contributed by atoms with Crippen LogP contribution in [0.3, 0.4) is 0 Å². The average molecular weight is 442 g/mol. The summed E-state index contributed by atoms with van der Waals surface area (Å²) in [6.45, 7) is 0.951. The second-order valence-corrected chi connectivity index (χ2v) is 6.37. The van der Waals surface area contributed by atoms with Gasteiger partial charge in [0.2, 0.25) is 11.9 Å². The lowest BCUT2D eigenvalue weighted by atomic mass is 10.1. The number of anilines is 1. The van der Waals surface area contributed by atoms with Crippen molar-refractivity contribution in [3.05, 3.63) is 56.4 Å². The first-order valence-corrected chi connectivity index (χ1v) is 8.32. The minimum Gasteiger partial charge on any atom is -0.293 e. The molecule has 0 spiro atoms. The summed E-state index contributed by atoms with van der Waals surface area (Å²) in [7, 11) is 0. The maximum atomic E-state index is 13.5. The van der Waals surface area contributed by atoms with E-state index in [4.69, 9.17) is 0 Å². The van der Waals surface area contributed by atoms with Gasteiger partial charge in [-0.15, -0.1) is 0 Å². The Labute approximate surface area is 158 Å². The molecule has 0 aliphatic carbocycles. The molecule has 2 aromatic heterocycles. The molecule has 140 valence electrons. The summed E-state index contributed by atoms with van der Waals surface area (Å²) in [6, 6.07) is 2.95. The Morgan fingerprint density at radius 3 is 2.59 bits per heavy atom. The molecule has 3 rings (SSSR count). The monoisotopic (exact) mass is 441 g/mol. The van der Waals surface area contributed by atoms with Crippen LogP contribution in [0, 0.1) is 12.7 Å². The van der Waals surface area contributed by atoms with Crippen molar-refractivity contribution in [1.82, 2.24) is 19.7 Å². The number of hydrogen-bond donors (Lipinski definition) is 1. The molecule has 0 fully saturated rings. The molecule has 1 amide bonds. The molecule has 0 aliphatic heterocycles. The standard InChI is InChI=1S/C16H11BrF3N5O2/c1-7-10(17)3-2-9-12(7)13(14(19)20)24-25(15(9)27)6-11(26)23-16-21-4-8(18)5-22-16/h2-5,14H,6H2,1H3,(H,21,22,23,26). The van der Waals surface area contributed by atoms with Crippen LogP contribution in [0.5, 0.6) is 0 Å². The molecule has 0 atom stereocenters. The van der Waals surface area contributed by atoms with Crippen molar-refractivity contribution >= 4 is 38.6 Å². The zero-order valence-electron chi connectivity index (χ0n) is 13.7. The van der Waals surface area contributed by atoms with E-state index in [0.717, 1.165) is 12.4 Å². The molecule has 2 heterocycles. The molecule has 0 aliphatic rings. The third kappa shape index (κ3) is 3.82. The summed E-state index contributed by atoms with van der Waals surface area (Å²) in [5, 5.41) is 5.97. The Kier molecular flexibility index (Phi) is 5.22. The van der Waals surface area contributed by atoms with Gasteiger partial charge in [0.1, 0.15) is 12.2 Å². The lowest BCUT2D eigenvalue weighted by molar-refractivity contribution is -0.117. The number of nitrogens with zero attached hydrogens (tertiary/aromatic N) is 4. The molecule has 0 radical (unpaired) electrons. The van der Waals surface area contributed by atoms with Crippen molar-refractivity contribution in [2.75, 3.05) is 5.32 Å². The van der Waals surface area contributed by atoms with Gasteiger partial charge < -0.3 is 0 Å². The van der Waals surface area contributed by atoms with E-state index < -0.39 is 35.9 Å². The van der Waals surface area contributed by atoms with Gasteiger partial charge >= 0.3 is 0 Å². The van der Waals surface area contributed by atoms with Gasteiger partial charge in [-0.3, -0.25) is 14.9 Å². The molecule has 0 unspecified atom stereocenters. The second kappa shape index (κ2) is 7.43. The lowest BCUT2D eigenvalue weighted by Gasteiger charge is -2.13. The van der Waals surface area contributed by atoms with Crippen LogP contribution in [0.4, 0.5) is 19.1 Å². The van der Waals surface area contributed by atoms with Gasteiger partial charge in [0.15, 0.2) is 5.82 Å². The van der Waals surface area contributed by atoms with Gasteiger partial charge in [-0.05, 0) is 24.6 Å². The normalized spacial score (nSPS) is 11.2. The Morgan fingerprint density at radius 1 is 1.30 bits per heavy atom. The largest absolute Gasteiger partial charge is 0.293 e. The van der Waals surface area contributed by atoms with Crippen LogP contribution < -0.4 is 10.9 Å². The fraction of sp³-hybridized carbons (Fsp3) is 0.188. The van der Waals surface area contributed by atoms with Gasteiger partial charge in [-0.25, -0.2) is 27.8 Å². The van der Waals surface area contributed by atoms with Crippen molar-refractivity contribution in [3.63, 3.8) is 0 Å². The number of carbonyl (C=O) groups is 1. The molecule has 27 heavy (non-hydrogen) atoms. The van der Waals surface area contributed by atoms with Crippen LogP contribution in [0.15, 0.2) is 33.8 Å². The number of rotatable bonds is 4. The number of fused-ring (bicyclic) bond motifs is 1. The number of amides is 1. The summed E-state index contributed by atoms with van der Waals surface area (Å²) in [5.74, 6) is -1.66.